The zero-order chi connectivity index (χ0) is 14.5. The molecule has 0 saturated heterocycles. The second kappa shape index (κ2) is 6.40. The summed E-state index contributed by atoms with van der Waals surface area (Å²) in [4.78, 5) is 0. The molecule has 0 fully saturated rings. The van der Waals surface area contributed by atoms with Crippen molar-refractivity contribution >= 4 is 5.69 Å². The molecule has 0 spiro atoms. The van der Waals surface area contributed by atoms with Crippen LogP contribution in [0.1, 0.15) is 30.6 Å². The number of hydrogen-bond acceptors (Lipinski definition) is 5. The van der Waals surface area contributed by atoms with E-state index in [9.17, 15) is 0 Å². The van der Waals surface area contributed by atoms with Crippen LogP contribution in [0.3, 0.4) is 0 Å². The lowest BCUT2D eigenvalue weighted by Crippen LogP contribution is -2.31. The molecular weight excluding hydrogens is 254 g/mol. The number of nitrogens with zero attached hydrogens (tertiary/aromatic N) is 2. The predicted molar refractivity (Wildman–Crippen MR) is 79.1 cm³/mol. The highest BCUT2D eigenvalue weighted by Gasteiger charge is 2.23. The number of benzene rings is 1. The smallest absolute Gasteiger partial charge is 0.161 e. The maximum Gasteiger partial charge on any atom is 0.161 e. The molecule has 0 bridgehead atoms. The molecule has 2 aromatic rings. The van der Waals surface area contributed by atoms with Crippen molar-refractivity contribution in [1.29, 1.82) is 0 Å². The Kier molecular flexibility index (Phi) is 4.60. The number of hydrazine groups is 1. The highest BCUT2D eigenvalue weighted by molar-refractivity contribution is 5.52. The van der Waals surface area contributed by atoms with Crippen LogP contribution < -0.4 is 21.7 Å². The molecular formula is C14H21N5O. The summed E-state index contributed by atoms with van der Waals surface area (Å²) in [5, 5.41) is 4.36. The Bertz CT molecular complexity index is 566. The second-order valence-corrected chi connectivity index (χ2v) is 4.55. The standard InChI is InChI=1S/C14H21N5O/c1-3-8-19-14(12(20-2)9-17-19)13(18-16)10-6-4-5-7-11(10)15/h4-7,9,13,18H,3,8,15-16H2,1-2H3. The van der Waals surface area contributed by atoms with Gasteiger partial charge in [-0.05, 0) is 18.1 Å². The molecule has 0 saturated carbocycles. The number of rotatable bonds is 6. The van der Waals surface area contributed by atoms with Crippen molar-refractivity contribution in [3.8, 4) is 5.75 Å². The Morgan fingerprint density at radius 3 is 2.75 bits per heavy atom. The van der Waals surface area contributed by atoms with Gasteiger partial charge >= 0.3 is 0 Å². The van der Waals surface area contributed by atoms with Gasteiger partial charge in [0, 0.05) is 12.2 Å². The first-order valence-electron chi connectivity index (χ1n) is 6.63. The van der Waals surface area contributed by atoms with Crippen molar-refractivity contribution in [2.45, 2.75) is 25.9 Å². The van der Waals surface area contributed by atoms with Crippen molar-refractivity contribution in [3.63, 3.8) is 0 Å². The molecule has 0 aliphatic heterocycles. The minimum absolute atomic E-state index is 0.264. The van der Waals surface area contributed by atoms with Crippen molar-refractivity contribution in [1.82, 2.24) is 15.2 Å². The average molecular weight is 275 g/mol. The van der Waals surface area contributed by atoms with Crippen LogP contribution in [0, 0.1) is 0 Å². The lowest BCUT2D eigenvalue weighted by atomic mass is 10.0. The first-order chi connectivity index (χ1) is 9.72. The van der Waals surface area contributed by atoms with Gasteiger partial charge in [0.25, 0.3) is 0 Å². The monoisotopic (exact) mass is 275 g/mol. The molecule has 1 aromatic heterocycles. The van der Waals surface area contributed by atoms with Crippen LogP contribution in [-0.2, 0) is 6.54 Å². The Morgan fingerprint density at radius 1 is 1.40 bits per heavy atom. The van der Waals surface area contributed by atoms with Gasteiger partial charge in [-0.25, -0.2) is 5.43 Å². The van der Waals surface area contributed by atoms with E-state index in [1.165, 1.54) is 0 Å². The quantitative estimate of drug-likeness (QED) is 0.421. The van der Waals surface area contributed by atoms with Crippen LogP contribution in [0.2, 0.25) is 0 Å². The summed E-state index contributed by atoms with van der Waals surface area (Å²) in [6.07, 6.45) is 2.67. The van der Waals surface area contributed by atoms with Gasteiger partial charge in [-0.3, -0.25) is 10.5 Å². The van der Waals surface area contributed by atoms with Crippen molar-refractivity contribution < 1.29 is 4.74 Å². The summed E-state index contributed by atoms with van der Waals surface area (Å²) in [5.74, 6) is 6.45. The largest absolute Gasteiger partial charge is 0.493 e. The van der Waals surface area contributed by atoms with E-state index in [1.54, 1.807) is 13.3 Å². The number of hydrogen-bond donors (Lipinski definition) is 3. The van der Waals surface area contributed by atoms with E-state index in [1.807, 2.05) is 28.9 Å². The molecule has 0 aliphatic rings. The molecule has 1 unspecified atom stereocenters. The van der Waals surface area contributed by atoms with E-state index in [-0.39, 0.29) is 6.04 Å². The Hall–Kier alpha value is -2.05. The van der Waals surface area contributed by atoms with Crippen LogP contribution in [-0.4, -0.2) is 16.9 Å². The molecule has 1 heterocycles. The van der Waals surface area contributed by atoms with E-state index in [2.05, 4.69) is 17.4 Å². The normalized spacial score (nSPS) is 12.3. The van der Waals surface area contributed by atoms with Crippen molar-refractivity contribution in [2.24, 2.45) is 5.84 Å². The van der Waals surface area contributed by atoms with Crippen LogP contribution in [0.5, 0.6) is 5.75 Å². The van der Waals surface area contributed by atoms with E-state index < -0.39 is 0 Å². The van der Waals surface area contributed by atoms with Crippen molar-refractivity contribution in [3.05, 3.63) is 41.7 Å². The fraction of sp³-hybridized carbons (Fsp3) is 0.357. The zero-order valence-electron chi connectivity index (χ0n) is 11.8. The molecule has 1 atom stereocenters. The van der Waals surface area contributed by atoms with Gasteiger partial charge in [0.05, 0.1) is 19.3 Å². The number of nitrogen functional groups attached to an aromatic ring is 1. The third kappa shape index (κ3) is 2.61. The van der Waals surface area contributed by atoms with Gasteiger partial charge in [-0.15, -0.1) is 0 Å². The third-order valence-corrected chi connectivity index (χ3v) is 3.25. The first kappa shape index (κ1) is 14.4. The molecule has 5 N–H and O–H groups in total. The summed E-state index contributed by atoms with van der Waals surface area (Å²) >= 11 is 0. The van der Waals surface area contributed by atoms with E-state index in [4.69, 9.17) is 16.3 Å². The SMILES string of the molecule is CCCn1ncc(OC)c1C(NN)c1ccccc1N. The number of methoxy groups -OCH3 is 1. The molecule has 1 aromatic carbocycles. The maximum absolute atomic E-state index is 6.05. The number of para-hydroxylation sites is 1. The molecule has 6 nitrogen and oxygen atoms in total. The second-order valence-electron chi connectivity index (χ2n) is 4.55. The lowest BCUT2D eigenvalue weighted by Gasteiger charge is -2.20. The summed E-state index contributed by atoms with van der Waals surface area (Å²) in [6.45, 7) is 2.89. The number of anilines is 1. The number of nitrogens with one attached hydrogen (secondary N) is 1. The third-order valence-electron chi connectivity index (χ3n) is 3.25. The van der Waals surface area contributed by atoms with Gasteiger partial charge < -0.3 is 10.5 Å². The number of ether oxygens (including phenoxy) is 1. The minimum atomic E-state index is -0.264. The lowest BCUT2D eigenvalue weighted by molar-refractivity contribution is 0.398. The summed E-state index contributed by atoms with van der Waals surface area (Å²) in [7, 11) is 1.62. The van der Waals surface area contributed by atoms with Crippen LogP contribution in [0.15, 0.2) is 30.5 Å². The number of aromatic nitrogens is 2. The molecule has 0 amide bonds. The van der Waals surface area contributed by atoms with E-state index >= 15 is 0 Å². The van der Waals surface area contributed by atoms with Gasteiger partial charge in [-0.2, -0.15) is 5.10 Å². The summed E-state index contributed by atoms with van der Waals surface area (Å²) < 4.78 is 7.30. The maximum atomic E-state index is 6.05. The minimum Gasteiger partial charge on any atom is -0.493 e. The topological polar surface area (TPSA) is 91.1 Å². The zero-order valence-corrected chi connectivity index (χ0v) is 11.8. The van der Waals surface area contributed by atoms with Crippen LogP contribution >= 0.6 is 0 Å². The van der Waals surface area contributed by atoms with Gasteiger partial charge in [0.15, 0.2) is 5.75 Å². The Morgan fingerprint density at radius 2 is 2.15 bits per heavy atom. The fourth-order valence-corrected chi connectivity index (χ4v) is 2.31. The van der Waals surface area contributed by atoms with Gasteiger partial charge in [0.1, 0.15) is 5.69 Å². The van der Waals surface area contributed by atoms with Gasteiger partial charge in [0.2, 0.25) is 0 Å². The van der Waals surface area contributed by atoms with Crippen LogP contribution in [0.4, 0.5) is 5.69 Å². The average Bonchev–Trinajstić information content (AvgIpc) is 2.85. The highest BCUT2D eigenvalue weighted by Crippen LogP contribution is 2.32. The van der Waals surface area contributed by atoms with Crippen molar-refractivity contribution in [2.75, 3.05) is 12.8 Å². The van der Waals surface area contributed by atoms with Gasteiger partial charge in [-0.1, -0.05) is 25.1 Å². The summed E-state index contributed by atoms with van der Waals surface area (Å²) in [5.41, 5.74) is 11.3. The molecule has 0 radical (unpaired) electrons. The molecule has 0 aliphatic carbocycles. The number of nitrogens with two attached hydrogens (primary N) is 2. The number of aryl methyl sites for hydroxylation is 1. The van der Waals surface area contributed by atoms with E-state index in [0.717, 1.165) is 24.2 Å². The first-order valence-corrected chi connectivity index (χ1v) is 6.63. The molecule has 108 valence electrons. The predicted octanol–water partition coefficient (Wildman–Crippen LogP) is 1.44. The molecule has 2 rings (SSSR count). The Balaban J connectivity index is 2.51. The Labute approximate surface area is 118 Å². The summed E-state index contributed by atoms with van der Waals surface area (Å²) in [6, 6.07) is 7.37. The van der Waals surface area contributed by atoms with E-state index in [0.29, 0.717) is 11.4 Å². The highest BCUT2D eigenvalue weighted by atomic mass is 16.5. The molecule has 6 heteroatoms. The molecule has 20 heavy (non-hydrogen) atoms. The van der Waals surface area contributed by atoms with Crippen LogP contribution in [0.25, 0.3) is 0 Å². The fourth-order valence-electron chi connectivity index (χ4n) is 2.31.